The van der Waals surface area contributed by atoms with Crippen LogP contribution in [0.15, 0.2) is 197 Å². The Labute approximate surface area is 320 Å². The zero-order valence-electron chi connectivity index (χ0n) is 30.1. The lowest BCUT2D eigenvalue weighted by atomic mass is 9.83. The summed E-state index contributed by atoms with van der Waals surface area (Å²) in [6, 6.07) is 47.4. The lowest BCUT2D eigenvalue weighted by Crippen LogP contribution is -2.26. The highest BCUT2D eigenvalue weighted by Gasteiger charge is 2.34. The lowest BCUT2D eigenvalue weighted by Gasteiger charge is -2.27. The van der Waals surface area contributed by atoms with E-state index in [-0.39, 0.29) is 24.0 Å². The van der Waals surface area contributed by atoms with E-state index in [9.17, 15) is 0 Å². The van der Waals surface area contributed by atoms with Gasteiger partial charge in [-0.25, -0.2) is 19.9 Å². The van der Waals surface area contributed by atoms with Gasteiger partial charge >= 0.3 is 0 Å². The quantitative estimate of drug-likeness (QED) is 0.165. The molecular formula is C49H37N5O. The van der Waals surface area contributed by atoms with E-state index < -0.39 is 0 Å². The summed E-state index contributed by atoms with van der Waals surface area (Å²) in [5.74, 6) is 4.07. The van der Waals surface area contributed by atoms with Crippen LogP contribution in [0.1, 0.15) is 41.4 Å². The molecule has 6 heteroatoms. The Bertz CT molecular complexity index is 2530. The van der Waals surface area contributed by atoms with Crippen LogP contribution in [0.2, 0.25) is 0 Å². The number of hydrogen-bond acceptors (Lipinski definition) is 6. The summed E-state index contributed by atoms with van der Waals surface area (Å²) in [6.45, 7) is 0. The van der Waals surface area contributed by atoms with Crippen LogP contribution >= 0.6 is 0 Å². The van der Waals surface area contributed by atoms with E-state index in [0.717, 1.165) is 51.5 Å². The number of benzene rings is 5. The average Bonchev–Trinajstić information content (AvgIpc) is 3.65. The van der Waals surface area contributed by atoms with Crippen LogP contribution in [-0.4, -0.2) is 38.6 Å². The number of ether oxygens (including phenoxy) is 1. The standard InChI is InChI=1S/C49H37N5O/c1-4-14-32(15-5-1)46-50-42(31-43(51-46)38-26-27-41-40-24-10-11-25-44(40)55-45(41)30-38)37-22-12-20-35(28-37)36-21-13-23-39(29-36)49-53-47(33-16-6-2-7-17-33)52-48(54-49)34-18-8-3-9-19-34/h1-19,21-30,35,41-42,45H,20,31H2. The zero-order valence-corrected chi connectivity index (χ0v) is 30.1. The number of aromatic nitrogens is 3. The molecule has 10 rings (SSSR count). The van der Waals surface area contributed by atoms with Gasteiger partial charge in [-0.1, -0.05) is 158 Å². The third kappa shape index (κ3) is 6.57. The molecule has 0 N–H and O–H groups in total. The molecule has 264 valence electrons. The van der Waals surface area contributed by atoms with Crippen molar-refractivity contribution in [3.63, 3.8) is 0 Å². The van der Waals surface area contributed by atoms with Crippen molar-refractivity contribution in [3.8, 4) is 39.9 Å². The van der Waals surface area contributed by atoms with Gasteiger partial charge < -0.3 is 4.74 Å². The molecule has 0 bridgehead atoms. The Kier molecular flexibility index (Phi) is 8.49. The minimum Gasteiger partial charge on any atom is -0.485 e. The van der Waals surface area contributed by atoms with Gasteiger partial charge in [0.05, 0.1) is 11.8 Å². The Morgan fingerprint density at radius 1 is 0.582 bits per heavy atom. The first-order chi connectivity index (χ1) is 27.2. The smallest absolute Gasteiger partial charge is 0.164 e. The van der Waals surface area contributed by atoms with E-state index >= 15 is 0 Å². The number of hydrogen-bond donors (Lipinski definition) is 0. The highest BCUT2D eigenvalue weighted by Crippen LogP contribution is 2.42. The van der Waals surface area contributed by atoms with Crippen LogP contribution in [0.25, 0.3) is 34.2 Å². The van der Waals surface area contributed by atoms with Crippen molar-refractivity contribution in [3.05, 3.63) is 204 Å². The fraction of sp³-hybridized carbons (Fsp3) is 0.122. The average molecular weight is 712 g/mol. The molecule has 3 heterocycles. The van der Waals surface area contributed by atoms with Gasteiger partial charge in [0, 0.05) is 46.1 Å². The summed E-state index contributed by atoms with van der Waals surface area (Å²) >= 11 is 0. The number of nitrogens with zero attached hydrogens (tertiary/aromatic N) is 5. The first-order valence-electron chi connectivity index (χ1n) is 18.9. The van der Waals surface area contributed by atoms with Crippen LogP contribution in [0.4, 0.5) is 0 Å². The van der Waals surface area contributed by atoms with Crippen molar-refractivity contribution in [2.45, 2.75) is 36.8 Å². The molecule has 0 fully saturated rings. The highest BCUT2D eigenvalue weighted by atomic mass is 16.5. The second kappa shape index (κ2) is 14.2. The number of rotatable bonds is 7. The van der Waals surface area contributed by atoms with E-state index in [2.05, 4.69) is 91.1 Å². The second-order valence-corrected chi connectivity index (χ2v) is 14.3. The van der Waals surface area contributed by atoms with E-state index in [0.29, 0.717) is 23.9 Å². The molecule has 5 aromatic carbocycles. The van der Waals surface area contributed by atoms with E-state index in [1.165, 1.54) is 16.7 Å². The number of para-hydroxylation sites is 1. The van der Waals surface area contributed by atoms with Gasteiger partial charge in [-0.3, -0.25) is 4.99 Å². The van der Waals surface area contributed by atoms with Crippen LogP contribution < -0.4 is 4.74 Å². The minimum atomic E-state index is -0.0796. The fourth-order valence-corrected chi connectivity index (χ4v) is 7.93. The first-order valence-corrected chi connectivity index (χ1v) is 18.9. The summed E-state index contributed by atoms with van der Waals surface area (Å²) in [5, 5.41) is 0. The molecule has 2 aliphatic heterocycles. The Hall–Kier alpha value is -6.79. The maximum atomic E-state index is 6.40. The predicted molar refractivity (Wildman–Crippen MR) is 220 cm³/mol. The first kappa shape index (κ1) is 32.8. The molecule has 4 unspecified atom stereocenters. The van der Waals surface area contributed by atoms with Crippen molar-refractivity contribution in [1.82, 2.24) is 15.0 Å². The predicted octanol–water partition coefficient (Wildman–Crippen LogP) is 10.5. The molecule has 0 spiro atoms. The molecule has 4 atom stereocenters. The molecule has 4 aliphatic rings. The Morgan fingerprint density at radius 3 is 1.95 bits per heavy atom. The highest BCUT2D eigenvalue weighted by molar-refractivity contribution is 6.15. The van der Waals surface area contributed by atoms with Crippen molar-refractivity contribution in [2.75, 3.05) is 0 Å². The van der Waals surface area contributed by atoms with Crippen molar-refractivity contribution >= 4 is 11.5 Å². The number of fused-ring (bicyclic) bond motifs is 3. The molecule has 2 aliphatic carbocycles. The molecule has 6 aromatic rings. The third-order valence-corrected chi connectivity index (χ3v) is 10.7. The molecule has 55 heavy (non-hydrogen) atoms. The van der Waals surface area contributed by atoms with Gasteiger partial charge in [0.1, 0.15) is 11.9 Å². The van der Waals surface area contributed by atoms with Gasteiger partial charge in [0.2, 0.25) is 0 Å². The summed E-state index contributed by atoms with van der Waals surface area (Å²) in [5.41, 5.74) is 9.67. The lowest BCUT2D eigenvalue weighted by molar-refractivity contribution is 0.268. The van der Waals surface area contributed by atoms with Gasteiger partial charge in [0.15, 0.2) is 23.3 Å². The largest absolute Gasteiger partial charge is 0.485 e. The number of allylic oxidation sites excluding steroid dienone is 4. The maximum Gasteiger partial charge on any atom is 0.164 e. The molecule has 0 amide bonds. The van der Waals surface area contributed by atoms with Crippen molar-refractivity contribution < 1.29 is 4.74 Å². The molecule has 0 saturated heterocycles. The second-order valence-electron chi connectivity index (χ2n) is 14.3. The van der Waals surface area contributed by atoms with E-state index in [4.69, 9.17) is 29.7 Å². The summed E-state index contributed by atoms with van der Waals surface area (Å²) in [6.07, 6.45) is 15.2. The van der Waals surface area contributed by atoms with E-state index in [1.54, 1.807) is 0 Å². The number of amidine groups is 1. The van der Waals surface area contributed by atoms with Crippen LogP contribution in [0.5, 0.6) is 5.75 Å². The topological polar surface area (TPSA) is 72.6 Å². The van der Waals surface area contributed by atoms with Crippen LogP contribution in [-0.2, 0) is 0 Å². The molecule has 6 nitrogen and oxygen atoms in total. The third-order valence-electron chi connectivity index (χ3n) is 10.7. The van der Waals surface area contributed by atoms with Crippen molar-refractivity contribution in [1.29, 1.82) is 0 Å². The van der Waals surface area contributed by atoms with Crippen LogP contribution in [0.3, 0.4) is 0 Å². The minimum absolute atomic E-state index is 0.0417. The monoisotopic (exact) mass is 711 g/mol. The normalized spacial score (nSPS) is 21.0. The van der Waals surface area contributed by atoms with Crippen molar-refractivity contribution in [2.24, 2.45) is 9.98 Å². The Morgan fingerprint density at radius 2 is 1.22 bits per heavy atom. The molecule has 0 radical (unpaired) electrons. The summed E-state index contributed by atoms with van der Waals surface area (Å²) in [7, 11) is 0. The zero-order chi connectivity index (χ0) is 36.6. The molecule has 1 aromatic heterocycles. The summed E-state index contributed by atoms with van der Waals surface area (Å²) in [4.78, 5) is 25.4. The van der Waals surface area contributed by atoms with E-state index in [1.807, 2.05) is 84.9 Å². The maximum absolute atomic E-state index is 6.40. The number of aliphatic imine (C=N–C) groups is 2. The molecule has 0 saturated carbocycles. The SMILES string of the molecule is C1=CC(C2CC(C3=CC4Oc5ccccc5C4C=C3)=NC(c3ccccc3)=N2)=CC(c2cccc(-c3nc(-c4ccccc4)nc(-c4ccccc4)n3)c2)C1. The molecular weight excluding hydrogens is 675 g/mol. The van der Waals surface area contributed by atoms with Crippen LogP contribution in [0, 0.1) is 0 Å². The van der Waals surface area contributed by atoms with Gasteiger partial charge in [0.25, 0.3) is 0 Å². The van der Waals surface area contributed by atoms with Gasteiger partial charge in [-0.2, -0.15) is 0 Å². The Balaban J connectivity index is 0.974. The van der Waals surface area contributed by atoms with Gasteiger partial charge in [-0.05, 0) is 41.3 Å². The fourth-order valence-electron chi connectivity index (χ4n) is 7.93. The summed E-state index contributed by atoms with van der Waals surface area (Å²) < 4.78 is 6.40. The van der Waals surface area contributed by atoms with Gasteiger partial charge in [-0.15, -0.1) is 0 Å².